The van der Waals surface area contributed by atoms with Crippen LogP contribution in [0.1, 0.15) is 15.9 Å². The van der Waals surface area contributed by atoms with E-state index >= 15 is 0 Å². The van der Waals surface area contributed by atoms with Crippen molar-refractivity contribution in [1.29, 1.82) is 0 Å². The summed E-state index contributed by atoms with van der Waals surface area (Å²) in [5.41, 5.74) is 0.637. The summed E-state index contributed by atoms with van der Waals surface area (Å²) in [6.45, 7) is 3.25. The number of carboxylic acid groups (broad SMARTS) is 1. The van der Waals surface area contributed by atoms with Crippen LogP contribution in [0, 0.1) is 0 Å². The summed E-state index contributed by atoms with van der Waals surface area (Å²) in [5, 5.41) is 18.8. The number of phenolic OH excluding ortho intramolecular Hbond substituents is 1. The molecule has 2 N–H and O–H groups in total. The smallest absolute Gasteiger partial charge is 0.336 e. The molecule has 1 saturated heterocycles. The third-order valence-corrected chi connectivity index (χ3v) is 2.87. The summed E-state index contributed by atoms with van der Waals surface area (Å²) >= 11 is 0. The molecule has 5 nitrogen and oxygen atoms in total. The molecule has 1 heterocycles. The lowest BCUT2D eigenvalue weighted by atomic mass is 10.1. The molecule has 0 spiro atoms. The van der Waals surface area contributed by atoms with Gasteiger partial charge in [0.25, 0.3) is 0 Å². The molecule has 0 radical (unpaired) electrons. The number of rotatable bonds is 3. The molecule has 0 bridgehead atoms. The number of nitrogens with zero attached hydrogens (tertiary/aromatic N) is 1. The van der Waals surface area contributed by atoms with E-state index in [1.807, 2.05) is 0 Å². The van der Waals surface area contributed by atoms with Crippen LogP contribution in [0.5, 0.6) is 5.75 Å². The van der Waals surface area contributed by atoms with Gasteiger partial charge in [-0.05, 0) is 12.1 Å². The molecule has 0 atom stereocenters. The maximum atomic E-state index is 11.1. The average Bonchev–Trinajstić information content (AvgIpc) is 2.33. The van der Waals surface area contributed by atoms with E-state index in [1.165, 1.54) is 12.1 Å². The Kier molecular flexibility index (Phi) is 3.61. The van der Waals surface area contributed by atoms with Crippen molar-refractivity contribution in [1.82, 2.24) is 4.90 Å². The molecule has 1 aromatic carbocycles. The molecule has 0 amide bonds. The normalized spacial score (nSPS) is 16.9. The van der Waals surface area contributed by atoms with Crippen molar-refractivity contribution in [3.05, 3.63) is 29.3 Å². The van der Waals surface area contributed by atoms with E-state index in [-0.39, 0.29) is 11.3 Å². The lowest BCUT2D eigenvalue weighted by Crippen LogP contribution is -2.36. The van der Waals surface area contributed by atoms with Gasteiger partial charge in [-0.15, -0.1) is 0 Å². The van der Waals surface area contributed by atoms with Gasteiger partial charge in [0, 0.05) is 25.2 Å². The van der Waals surface area contributed by atoms with Gasteiger partial charge >= 0.3 is 5.97 Å². The Morgan fingerprint density at radius 2 is 2.06 bits per heavy atom. The van der Waals surface area contributed by atoms with Crippen molar-refractivity contribution in [2.45, 2.75) is 6.54 Å². The van der Waals surface area contributed by atoms with Gasteiger partial charge in [-0.3, -0.25) is 4.90 Å². The fourth-order valence-electron chi connectivity index (χ4n) is 1.92. The van der Waals surface area contributed by atoms with Gasteiger partial charge in [0.1, 0.15) is 5.75 Å². The van der Waals surface area contributed by atoms with Gasteiger partial charge < -0.3 is 14.9 Å². The van der Waals surface area contributed by atoms with Gasteiger partial charge in [-0.1, -0.05) is 6.07 Å². The number of aromatic carboxylic acids is 1. The molecule has 1 aromatic rings. The number of benzene rings is 1. The molecular weight excluding hydrogens is 222 g/mol. The monoisotopic (exact) mass is 237 g/mol. The quantitative estimate of drug-likeness (QED) is 0.818. The van der Waals surface area contributed by atoms with E-state index in [4.69, 9.17) is 9.84 Å². The predicted molar refractivity (Wildman–Crippen MR) is 61.2 cm³/mol. The van der Waals surface area contributed by atoms with E-state index in [9.17, 15) is 9.90 Å². The van der Waals surface area contributed by atoms with Crippen molar-refractivity contribution in [2.24, 2.45) is 0 Å². The van der Waals surface area contributed by atoms with Crippen molar-refractivity contribution in [3.63, 3.8) is 0 Å². The van der Waals surface area contributed by atoms with Crippen LogP contribution in [0.15, 0.2) is 18.2 Å². The van der Waals surface area contributed by atoms with Crippen molar-refractivity contribution < 1.29 is 19.7 Å². The number of ether oxygens (including phenoxy) is 1. The third-order valence-electron chi connectivity index (χ3n) is 2.87. The van der Waals surface area contributed by atoms with E-state index in [0.717, 1.165) is 13.1 Å². The Labute approximate surface area is 99.2 Å². The Morgan fingerprint density at radius 3 is 2.71 bits per heavy atom. The highest BCUT2D eigenvalue weighted by atomic mass is 16.5. The highest BCUT2D eigenvalue weighted by Crippen LogP contribution is 2.23. The van der Waals surface area contributed by atoms with E-state index in [2.05, 4.69) is 4.90 Å². The summed E-state index contributed by atoms with van der Waals surface area (Å²) in [6, 6.07) is 4.57. The zero-order valence-electron chi connectivity index (χ0n) is 9.43. The highest BCUT2D eigenvalue weighted by Gasteiger charge is 2.18. The van der Waals surface area contributed by atoms with E-state index in [1.54, 1.807) is 6.07 Å². The number of carbonyl (C=O) groups is 1. The second-order valence-electron chi connectivity index (χ2n) is 4.00. The van der Waals surface area contributed by atoms with Crippen LogP contribution in [0.3, 0.4) is 0 Å². The van der Waals surface area contributed by atoms with Gasteiger partial charge in [0.2, 0.25) is 0 Å². The van der Waals surface area contributed by atoms with Gasteiger partial charge in [-0.2, -0.15) is 0 Å². The number of hydrogen-bond donors (Lipinski definition) is 2. The van der Waals surface area contributed by atoms with Gasteiger partial charge in [0.15, 0.2) is 0 Å². The number of phenols is 1. The topological polar surface area (TPSA) is 70.0 Å². The number of aromatic hydroxyl groups is 1. The summed E-state index contributed by atoms with van der Waals surface area (Å²) in [5.74, 6) is -0.972. The van der Waals surface area contributed by atoms with Crippen LogP contribution >= 0.6 is 0 Å². The lowest BCUT2D eigenvalue weighted by molar-refractivity contribution is 0.0336. The summed E-state index contributed by atoms with van der Waals surface area (Å²) in [4.78, 5) is 13.1. The standard InChI is InChI=1S/C12H15NO4/c14-11-3-1-2-9(12(15)16)10(11)8-13-4-6-17-7-5-13/h1-3,14H,4-8H2,(H,15,16). The van der Waals surface area contributed by atoms with E-state index in [0.29, 0.717) is 25.3 Å². The first-order valence-corrected chi connectivity index (χ1v) is 5.52. The minimum absolute atomic E-state index is 0.0383. The Balaban J connectivity index is 2.21. The lowest BCUT2D eigenvalue weighted by Gasteiger charge is -2.27. The maximum Gasteiger partial charge on any atom is 0.336 e. The molecule has 0 aliphatic carbocycles. The zero-order valence-corrected chi connectivity index (χ0v) is 9.43. The van der Waals surface area contributed by atoms with Crippen molar-refractivity contribution in [2.75, 3.05) is 26.3 Å². The van der Waals surface area contributed by atoms with Crippen molar-refractivity contribution >= 4 is 5.97 Å². The molecule has 0 saturated carbocycles. The van der Waals surface area contributed by atoms with E-state index < -0.39 is 5.97 Å². The molecule has 0 unspecified atom stereocenters. The zero-order chi connectivity index (χ0) is 12.3. The Hall–Kier alpha value is -1.59. The van der Waals surface area contributed by atoms with Crippen LogP contribution < -0.4 is 0 Å². The molecule has 1 fully saturated rings. The molecular formula is C12H15NO4. The first kappa shape index (κ1) is 11.9. The maximum absolute atomic E-state index is 11.1. The first-order chi connectivity index (χ1) is 8.18. The van der Waals surface area contributed by atoms with Crippen LogP contribution in [-0.4, -0.2) is 47.4 Å². The second kappa shape index (κ2) is 5.16. The first-order valence-electron chi connectivity index (χ1n) is 5.52. The molecule has 17 heavy (non-hydrogen) atoms. The molecule has 1 aliphatic heterocycles. The number of morpholine rings is 1. The minimum atomic E-state index is -1.01. The fourth-order valence-corrected chi connectivity index (χ4v) is 1.92. The third kappa shape index (κ3) is 2.75. The average molecular weight is 237 g/mol. The van der Waals surface area contributed by atoms with Crippen LogP contribution in [-0.2, 0) is 11.3 Å². The Bertz CT molecular complexity index is 413. The highest BCUT2D eigenvalue weighted by molar-refractivity contribution is 5.90. The molecule has 1 aliphatic rings. The number of carboxylic acids is 1. The molecule has 5 heteroatoms. The van der Waals surface area contributed by atoms with Crippen LogP contribution in [0.25, 0.3) is 0 Å². The Morgan fingerprint density at radius 1 is 1.35 bits per heavy atom. The predicted octanol–water partition coefficient (Wildman–Crippen LogP) is 0.923. The minimum Gasteiger partial charge on any atom is -0.508 e. The van der Waals surface area contributed by atoms with Crippen molar-refractivity contribution in [3.8, 4) is 5.75 Å². The van der Waals surface area contributed by atoms with Gasteiger partial charge in [-0.25, -0.2) is 4.79 Å². The molecule has 2 rings (SSSR count). The van der Waals surface area contributed by atoms with Crippen LogP contribution in [0.4, 0.5) is 0 Å². The summed E-state index contributed by atoms with van der Waals surface area (Å²) < 4.78 is 5.22. The largest absolute Gasteiger partial charge is 0.508 e. The fraction of sp³-hybridized carbons (Fsp3) is 0.417. The van der Waals surface area contributed by atoms with Gasteiger partial charge in [0.05, 0.1) is 18.8 Å². The SMILES string of the molecule is O=C(O)c1cccc(O)c1CN1CCOCC1. The molecule has 0 aromatic heterocycles. The van der Waals surface area contributed by atoms with Crippen LogP contribution in [0.2, 0.25) is 0 Å². The molecule has 92 valence electrons. The number of hydrogen-bond acceptors (Lipinski definition) is 4. The second-order valence-corrected chi connectivity index (χ2v) is 4.00. The summed E-state index contributed by atoms with van der Waals surface area (Å²) in [7, 11) is 0. The summed E-state index contributed by atoms with van der Waals surface area (Å²) in [6.07, 6.45) is 0.